The fourth-order valence-electron chi connectivity index (χ4n) is 3.14. The first kappa shape index (κ1) is 17.5. The molecule has 0 aliphatic heterocycles. The third-order valence-corrected chi connectivity index (χ3v) is 4.51. The molecule has 0 radical (unpaired) electrons. The van der Waals surface area contributed by atoms with Crippen LogP contribution in [0.25, 0.3) is 0 Å². The number of ether oxygens (including phenoxy) is 2. The van der Waals surface area contributed by atoms with Crippen LogP contribution in [0.5, 0.6) is 0 Å². The minimum atomic E-state index is -0.439. The number of nitrogens with one attached hydrogen (secondary N) is 2. The van der Waals surface area contributed by atoms with Crippen molar-refractivity contribution in [3.63, 3.8) is 0 Å². The fourth-order valence-corrected chi connectivity index (χ4v) is 3.14. The molecule has 2 aliphatic carbocycles. The van der Waals surface area contributed by atoms with Gasteiger partial charge in [-0.2, -0.15) is 0 Å². The molecule has 0 aromatic heterocycles. The Hall–Kier alpha value is -0.810. The summed E-state index contributed by atoms with van der Waals surface area (Å²) in [5, 5.41) is 6.68. The lowest BCUT2D eigenvalue weighted by atomic mass is 9.92. The van der Waals surface area contributed by atoms with Crippen molar-refractivity contribution >= 4 is 6.09 Å². The second-order valence-electron chi connectivity index (χ2n) is 7.70. The summed E-state index contributed by atoms with van der Waals surface area (Å²) in [5.74, 6) is 0.704. The van der Waals surface area contributed by atoms with E-state index in [1.807, 2.05) is 20.8 Å². The predicted molar refractivity (Wildman–Crippen MR) is 86.9 cm³/mol. The number of carbonyl (C=O) groups is 1. The van der Waals surface area contributed by atoms with Gasteiger partial charge in [-0.3, -0.25) is 0 Å². The molecule has 0 saturated heterocycles. The van der Waals surface area contributed by atoms with Gasteiger partial charge in [0.1, 0.15) is 5.60 Å². The normalized spacial score (nSPS) is 27.3. The van der Waals surface area contributed by atoms with Gasteiger partial charge in [-0.15, -0.1) is 0 Å². The lowest BCUT2D eigenvalue weighted by molar-refractivity contribution is 0.0511. The third kappa shape index (κ3) is 6.13. The Bertz CT molecular complexity index is 355. The van der Waals surface area contributed by atoms with Gasteiger partial charge < -0.3 is 20.1 Å². The van der Waals surface area contributed by atoms with Gasteiger partial charge in [-0.25, -0.2) is 4.79 Å². The lowest BCUT2D eigenvalue weighted by Gasteiger charge is -2.32. The number of hydrogen-bond donors (Lipinski definition) is 2. The number of amides is 1. The highest BCUT2D eigenvalue weighted by Crippen LogP contribution is 2.33. The Morgan fingerprint density at radius 2 is 1.77 bits per heavy atom. The summed E-state index contributed by atoms with van der Waals surface area (Å²) in [5.41, 5.74) is -0.439. The number of methoxy groups -OCH3 is 1. The summed E-state index contributed by atoms with van der Waals surface area (Å²) in [6, 6.07) is 0.925. The van der Waals surface area contributed by atoms with Crippen LogP contribution in [0.2, 0.25) is 0 Å². The minimum absolute atomic E-state index is 0.317. The van der Waals surface area contributed by atoms with E-state index in [0.29, 0.717) is 30.7 Å². The standard InChI is InChI=1S/C17H32N2O3/c1-17(2,3)22-16(20)18-11-15(12-5-6-12)19-13-7-9-14(21-4)10-8-13/h12-15,19H,5-11H2,1-4H3,(H,18,20). The van der Waals surface area contributed by atoms with E-state index in [1.165, 1.54) is 12.8 Å². The first-order chi connectivity index (χ1) is 10.4. The summed E-state index contributed by atoms with van der Waals surface area (Å²) < 4.78 is 10.7. The lowest BCUT2D eigenvalue weighted by Crippen LogP contribution is -2.48. The number of hydrogen-bond acceptors (Lipinski definition) is 4. The summed E-state index contributed by atoms with van der Waals surface area (Å²) in [4.78, 5) is 11.8. The van der Waals surface area contributed by atoms with Crippen molar-refractivity contribution in [2.24, 2.45) is 5.92 Å². The van der Waals surface area contributed by atoms with Crippen molar-refractivity contribution in [1.29, 1.82) is 0 Å². The Balaban J connectivity index is 1.73. The first-order valence-corrected chi connectivity index (χ1v) is 8.63. The van der Waals surface area contributed by atoms with E-state index in [4.69, 9.17) is 9.47 Å². The molecule has 2 fully saturated rings. The molecule has 1 atom stereocenters. The van der Waals surface area contributed by atoms with E-state index >= 15 is 0 Å². The van der Waals surface area contributed by atoms with Gasteiger partial charge in [0.15, 0.2) is 0 Å². The molecule has 2 aliphatic rings. The highest BCUT2D eigenvalue weighted by Gasteiger charge is 2.34. The highest BCUT2D eigenvalue weighted by atomic mass is 16.6. The van der Waals surface area contributed by atoms with Gasteiger partial charge in [0.25, 0.3) is 0 Å². The minimum Gasteiger partial charge on any atom is -0.444 e. The molecule has 128 valence electrons. The molecule has 2 saturated carbocycles. The Morgan fingerprint density at radius 3 is 2.27 bits per heavy atom. The maximum absolute atomic E-state index is 11.8. The predicted octanol–water partition coefficient (Wildman–Crippen LogP) is 2.84. The third-order valence-electron chi connectivity index (χ3n) is 4.51. The van der Waals surface area contributed by atoms with Crippen LogP contribution in [0.3, 0.4) is 0 Å². The number of carbonyl (C=O) groups excluding carboxylic acids is 1. The van der Waals surface area contributed by atoms with Crippen molar-refractivity contribution in [3.8, 4) is 0 Å². The molecule has 5 nitrogen and oxygen atoms in total. The average Bonchev–Trinajstić information content (AvgIpc) is 3.26. The first-order valence-electron chi connectivity index (χ1n) is 8.63. The molecule has 5 heteroatoms. The van der Waals surface area contributed by atoms with Crippen LogP contribution in [-0.4, -0.2) is 43.5 Å². The van der Waals surface area contributed by atoms with E-state index in [9.17, 15) is 4.79 Å². The van der Waals surface area contributed by atoms with Crippen LogP contribution in [0.1, 0.15) is 59.3 Å². The quantitative estimate of drug-likeness (QED) is 0.792. The Morgan fingerprint density at radius 1 is 1.14 bits per heavy atom. The van der Waals surface area contributed by atoms with E-state index in [2.05, 4.69) is 10.6 Å². The molecule has 0 aromatic carbocycles. The molecule has 22 heavy (non-hydrogen) atoms. The van der Waals surface area contributed by atoms with E-state index in [-0.39, 0.29) is 6.09 Å². The Labute approximate surface area is 134 Å². The van der Waals surface area contributed by atoms with Crippen LogP contribution >= 0.6 is 0 Å². The molecule has 2 rings (SSSR count). The second kappa shape index (κ2) is 7.64. The van der Waals surface area contributed by atoms with Gasteiger partial charge in [0.05, 0.1) is 6.10 Å². The maximum Gasteiger partial charge on any atom is 0.407 e. The van der Waals surface area contributed by atoms with Crippen molar-refractivity contribution < 1.29 is 14.3 Å². The van der Waals surface area contributed by atoms with Gasteiger partial charge in [-0.05, 0) is 65.2 Å². The topological polar surface area (TPSA) is 59.6 Å². The number of alkyl carbamates (subject to hydrolysis) is 1. The zero-order valence-electron chi connectivity index (χ0n) is 14.5. The zero-order valence-corrected chi connectivity index (χ0v) is 14.5. The van der Waals surface area contributed by atoms with Crippen LogP contribution in [0, 0.1) is 5.92 Å². The Kier molecular flexibility index (Phi) is 6.09. The zero-order chi connectivity index (χ0) is 16.2. The molecular weight excluding hydrogens is 280 g/mol. The van der Waals surface area contributed by atoms with Gasteiger partial charge in [-0.1, -0.05) is 0 Å². The fraction of sp³-hybridized carbons (Fsp3) is 0.941. The van der Waals surface area contributed by atoms with Crippen molar-refractivity contribution in [2.45, 2.75) is 83.1 Å². The van der Waals surface area contributed by atoms with E-state index in [1.54, 1.807) is 7.11 Å². The van der Waals surface area contributed by atoms with Crippen LogP contribution < -0.4 is 10.6 Å². The summed E-state index contributed by atoms with van der Waals surface area (Å²) in [6.07, 6.45) is 7.22. The highest BCUT2D eigenvalue weighted by molar-refractivity contribution is 5.67. The smallest absolute Gasteiger partial charge is 0.407 e. The molecular formula is C17H32N2O3. The monoisotopic (exact) mass is 312 g/mol. The largest absolute Gasteiger partial charge is 0.444 e. The summed E-state index contributed by atoms with van der Waals surface area (Å²) in [7, 11) is 1.80. The van der Waals surface area contributed by atoms with E-state index < -0.39 is 5.60 Å². The number of rotatable bonds is 6. The van der Waals surface area contributed by atoms with Gasteiger partial charge in [0, 0.05) is 25.7 Å². The van der Waals surface area contributed by atoms with Gasteiger partial charge >= 0.3 is 6.09 Å². The second-order valence-corrected chi connectivity index (χ2v) is 7.70. The van der Waals surface area contributed by atoms with Gasteiger partial charge in [0.2, 0.25) is 0 Å². The molecule has 0 heterocycles. The molecule has 0 bridgehead atoms. The molecule has 0 aromatic rings. The van der Waals surface area contributed by atoms with Crippen molar-refractivity contribution in [3.05, 3.63) is 0 Å². The average molecular weight is 312 g/mol. The molecule has 0 spiro atoms. The SMILES string of the molecule is COC1CCC(NC(CNC(=O)OC(C)(C)C)C2CC2)CC1. The van der Waals surface area contributed by atoms with E-state index in [0.717, 1.165) is 25.7 Å². The maximum atomic E-state index is 11.8. The van der Waals surface area contributed by atoms with Crippen LogP contribution in [0.4, 0.5) is 4.79 Å². The summed E-state index contributed by atoms with van der Waals surface area (Å²) >= 11 is 0. The molecule has 1 unspecified atom stereocenters. The van der Waals surface area contributed by atoms with Crippen LogP contribution in [0.15, 0.2) is 0 Å². The summed E-state index contributed by atoms with van der Waals surface area (Å²) in [6.45, 7) is 6.32. The van der Waals surface area contributed by atoms with Crippen molar-refractivity contribution in [2.75, 3.05) is 13.7 Å². The van der Waals surface area contributed by atoms with Crippen molar-refractivity contribution in [1.82, 2.24) is 10.6 Å². The molecule has 1 amide bonds. The molecule has 2 N–H and O–H groups in total. The van der Waals surface area contributed by atoms with Crippen LogP contribution in [-0.2, 0) is 9.47 Å².